The Balaban J connectivity index is 2.42. The molecule has 3 nitrogen and oxygen atoms in total. The molecule has 2 heterocycles. The summed E-state index contributed by atoms with van der Waals surface area (Å²) in [4.78, 5) is 0. The van der Waals surface area contributed by atoms with Gasteiger partial charge in [-0.15, -0.1) is 11.3 Å². The molecule has 0 aliphatic heterocycles. The van der Waals surface area contributed by atoms with E-state index in [0.29, 0.717) is 5.02 Å². The zero-order valence-corrected chi connectivity index (χ0v) is 14.4. The second kappa shape index (κ2) is 6.05. The van der Waals surface area contributed by atoms with Gasteiger partial charge in [-0.2, -0.15) is 5.10 Å². The monoisotopic (exact) mass is 411 g/mol. The zero-order valence-electron chi connectivity index (χ0n) is 9.66. The van der Waals surface area contributed by atoms with E-state index in [0.717, 1.165) is 31.8 Å². The molecule has 2 aromatic rings. The summed E-state index contributed by atoms with van der Waals surface area (Å²) in [7, 11) is 0. The van der Waals surface area contributed by atoms with Gasteiger partial charge in [0.25, 0.3) is 0 Å². The molecule has 18 heavy (non-hydrogen) atoms. The van der Waals surface area contributed by atoms with E-state index in [1.54, 1.807) is 17.5 Å². The molecule has 0 bridgehead atoms. The first kappa shape index (κ1) is 14.5. The topological polar surface area (TPSA) is 43.8 Å². The summed E-state index contributed by atoms with van der Waals surface area (Å²) >= 11 is 14.8. The van der Waals surface area contributed by atoms with Crippen molar-refractivity contribution in [3.8, 4) is 0 Å². The van der Waals surface area contributed by atoms with Crippen LogP contribution in [0.3, 0.4) is 0 Å². The second-order valence-electron chi connectivity index (χ2n) is 3.86. The molecule has 0 aliphatic rings. The van der Waals surface area contributed by atoms with E-state index in [1.807, 2.05) is 10.7 Å². The van der Waals surface area contributed by atoms with Gasteiger partial charge in [-0.1, -0.05) is 18.5 Å². The van der Waals surface area contributed by atoms with E-state index >= 15 is 0 Å². The number of nitrogens with two attached hydrogens (primary N) is 1. The van der Waals surface area contributed by atoms with E-state index in [2.05, 4.69) is 43.9 Å². The van der Waals surface area contributed by atoms with Crippen LogP contribution in [0.15, 0.2) is 19.8 Å². The lowest BCUT2D eigenvalue weighted by atomic mass is 10.1. The predicted molar refractivity (Wildman–Crippen MR) is 83.3 cm³/mol. The minimum Gasteiger partial charge on any atom is -0.319 e. The fourth-order valence-electron chi connectivity index (χ4n) is 1.78. The number of aromatic nitrogens is 2. The molecule has 0 aromatic carbocycles. The number of halogens is 3. The van der Waals surface area contributed by atoms with E-state index in [9.17, 15) is 0 Å². The Labute approximate surface area is 132 Å². The highest BCUT2D eigenvalue weighted by Gasteiger charge is 2.21. The Kier molecular flexibility index (Phi) is 4.88. The molecule has 2 rings (SSSR count). The third-order valence-corrected chi connectivity index (χ3v) is 5.26. The van der Waals surface area contributed by atoms with Crippen molar-refractivity contribution in [1.82, 2.24) is 9.78 Å². The Morgan fingerprint density at radius 2 is 2.28 bits per heavy atom. The van der Waals surface area contributed by atoms with Gasteiger partial charge < -0.3 is 5.73 Å². The minimum atomic E-state index is -0.275. The van der Waals surface area contributed by atoms with Gasteiger partial charge in [0.15, 0.2) is 0 Å². The average molecular weight is 414 g/mol. The minimum absolute atomic E-state index is 0.275. The van der Waals surface area contributed by atoms with Crippen LogP contribution in [-0.2, 0) is 6.54 Å². The maximum absolute atomic E-state index is 6.32. The number of hydrogen-bond acceptors (Lipinski definition) is 3. The van der Waals surface area contributed by atoms with Crippen LogP contribution in [0, 0.1) is 0 Å². The van der Waals surface area contributed by atoms with Gasteiger partial charge in [-0.25, -0.2) is 0 Å². The third kappa shape index (κ3) is 2.82. The summed E-state index contributed by atoms with van der Waals surface area (Å²) in [5.74, 6) is 0. The van der Waals surface area contributed by atoms with Crippen molar-refractivity contribution in [2.45, 2.75) is 25.9 Å². The van der Waals surface area contributed by atoms with Crippen molar-refractivity contribution in [2.24, 2.45) is 5.73 Å². The Morgan fingerprint density at radius 1 is 1.56 bits per heavy atom. The molecule has 0 amide bonds. The quantitative estimate of drug-likeness (QED) is 0.797. The fraction of sp³-hybridized carbons (Fsp3) is 0.364. The van der Waals surface area contributed by atoms with Crippen LogP contribution in [0.1, 0.15) is 30.6 Å². The normalized spacial score (nSPS) is 12.9. The highest BCUT2D eigenvalue weighted by molar-refractivity contribution is 9.12. The molecular weight excluding hydrogens is 401 g/mol. The molecular formula is C11H12Br2ClN3S. The lowest BCUT2D eigenvalue weighted by molar-refractivity contribution is 0.560. The van der Waals surface area contributed by atoms with Gasteiger partial charge in [0, 0.05) is 12.1 Å². The summed E-state index contributed by atoms with van der Waals surface area (Å²) in [6.07, 6.45) is 2.65. The van der Waals surface area contributed by atoms with Crippen LogP contribution in [0.2, 0.25) is 5.02 Å². The standard InChI is InChI=1S/C11H12Br2ClN3S/c1-2-3-17-10(7(14)5-16-17)9(15)6-4-8(12)18-11(6)13/h4-5,9H,2-3,15H2,1H3. The zero-order chi connectivity index (χ0) is 13.3. The molecule has 98 valence electrons. The predicted octanol–water partition coefficient (Wildman–Crippen LogP) is 4.58. The molecule has 1 unspecified atom stereocenters. The molecule has 0 radical (unpaired) electrons. The number of aryl methyl sites for hydroxylation is 1. The lowest BCUT2D eigenvalue weighted by Crippen LogP contribution is -2.17. The highest BCUT2D eigenvalue weighted by Crippen LogP contribution is 2.38. The summed E-state index contributed by atoms with van der Waals surface area (Å²) < 4.78 is 3.94. The van der Waals surface area contributed by atoms with Crippen molar-refractivity contribution in [3.05, 3.63) is 36.1 Å². The molecule has 1 atom stereocenters. The molecule has 0 saturated heterocycles. The Morgan fingerprint density at radius 3 is 2.83 bits per heavy atom. The molecule has 2 N–H and O–H groups in total. The summed E-state index contributed by atoms with van der Waals surface area (Å²) in [6.45, 7) is 2.92. The number of nitrogens with zero attached hydrogens (tertiary/aromatic N) is 2. The molecule has 0 saturated carbocycles. The number of hydrogen-bond donors (Lipinski definition) is 1. The van der Waals surface area contributed by atoms with Gasteiger partial charge in [-0.3, -0.25) is 4.68 Å². The summed E-state index contributed by atoms with van der Waals surface area (Å²) in [5.41, 5.74) is 8.20. The van der Waals surface area contributed by atoms with E-state index in [-0.39, 0.29) is 6.04 Å². The van der Waals surface area contributed by atoms with E-state index in [1.165, 1.54) is 0 Å². The first-order valence-corrected chi connectivity index (χ1v) is 8.24. The molecule has 2 aromatic heterocycles. The van der Waals surface area contributed by atoms with Gasteiger partial charge in [-0.05, 0) is 44.3 Å². The maximum atomic E-state index is 6.32. The van der Waals surface area contributed by atoms with Crippen LogP contribution in [0.4, 0.5) is 0 Å². The van der Waals surface area contributed by atoms with Crippen LogP contribution in [0.5, 0.6) is 0 Å². The number of rotatable bonds is 4. The van der Waals surface area contributed by atoms with Gasteiger partial charge >= 0.3 is 0 Å². The smallest absolute Gasteiger partial charge is 0.0837 e. The van der Waals surface area contributed by atoms with E-state index < -0.39 is 0 Å². The Hall–Kier alpha value is 0.120. The van der Waals surface area contributed by atoms with Crippen LogP contribution >= 0.6 is 54.8 Å². The first-order chi connectivity index (χ1) is 8.54. The fourth-order valence-corrected chi connectivity index (χ4v) is 4.97. The van der Waals surface area contributed by atoms with Crippen molar-refractivity contribution >= 4 is 54.8 Å². The van der Waals surface area contributed by atoms with Crippen LogP contribution < -0.4 is 5.73 Å². The SMILES string of the molecule is CCCn1ncc(Cl)c1C(N)c1cc(Br)sc1Br. The van der Waals surface area contributed by atoms with E-state index in [4.69, 9.17) is 17.3 Å². The average Bonchev–Trinajstić information content (AvgIpc) is 2.82. The van der Waals surface area contributed by atoms with Gasteiger partial charge in [0.05, 0.1) is 30.5 Å². The molecule has 0 fully saturated rings. The second-order valence-corrected chi connectivity index (χ2v) is 8.01. The largest absolute Gasteiger partial charge is 0.319 e. The van der Waals surface area contributed by atoms with Gasteiger partial charge in [0.2, 0.25) is 0 Å². The maximum Gasteiger partial charge on any atom is 0.0837 e. The molecule has 7 heteroatoms. The van der Waals surface area contributed by atoms with Gasteiger partial charge in [0.1, 0.15) is 0 Å². The number of thiophene rings is 1. The van der Waals surface area contributed by atoms with Crippen molar-refractivity contribution in [2.75, 3.05) is 0 Å². The van der Waals surface area contributed by atoms with Crippen molar-refractivity contribution < 1.29 is 0 Å². The van der Waals surface area contributed by atoms with Crippen LogP contribution in [-0.4, -0.2) is 9.78 Å². The van der Waals surface area contributed by atoms with Crippen LogP contribution in [0.25, 0.3) is 0 Å². The summed E-state index contributed by atoms with van der Waals surface area (Å²) in [5, 5.41) is 4.89. The highest BCUT2D eigenvalue weighted by atomic mass is 79.9. The van der Waals surface area contributed by atoms with Crippen molar-refractivity contribution in [1.29, 1.82) is 0 Å². The molecule has 0 spiro atoms. The van der Waals surface area contributed by atoms with Crippen molar-refractivity contribution in [3.63, 3.8) is 0 Å². The third-order valence-electron chi connectivity index (χ3n) is 2.58. The Bertz CT molecular complexity index is 552. The molecule has 0 aliphatic carbocycles. The lowest BCUT2D eigenvalue weighted by Gasteiger charge is -2.14. The summed E-state index contributed by atoms with van der Waals surface area (Å²) in [6, 6.07) is 1.74. The first-order valence-electron chi connectivity index (χ1n) is 5.46.